The quantitative estimate of drug-likeness (QED) is 0.890. The standard InChI is InChI=1S/C14H25N3O/c1-4-12-8-16(6-5-14(12)18)9-13-7-15-10-17(13)11(2)3/h7,10-12,14,18H,4-6,8-9H2,1-3H3. The van der Waals surface area contributed by atoms with Gasteiger partial charge < -0.3 is 9.67 Å². The molecule has 0 bridgehead atoms. The lowest BCUT2D eigenvalue weighted by Gasteiger charge is -2.35. The van der Waals surface area contributed by atoms with Gasteiger partial charge in [-0.15, -0.1) is 0 Å². The van der Waals surface area contributed by atoms with Crippen molar-refractivity contribution in [1.29, 1.82) is 0 Å². The molecule has 0 amide bonds. The summed E-state index contributed by atoms with van der Waals surface area (Å²) in [4.78, 5) is 6.69. The van der Waals surface area contributed by atoms with Crippen LogP contribution in [0.5, 0.6) is 0 Å². The lowest BCUT2D eigenvalue weighted by Crippen LogP contribution is -2.42. The average Bonchev–Trinajstić information content (AvgIpc) is 2.80. The minimum absolute atomic E-state index is 0.110. The fourth-order valence-electron chi connectivity index (χ4n) is 2.79. The van der Waals surface area contributed by atoms with Crippen molar-refractivity contribution >= 4 is 0 Å². The molecule has 0 radical (unpaired) electrons. The van der Waals surface area contributed by atoms with E-state index < -0.39 is 0 Å². The highest BCUT2D eigenvalue weighted by Gasteiger charge is 2.26. The molecular formula is C14H25N3O. The summed E-state index contributed by atoms with van der Waals surface area (Å²) < 4.78 is 2.23. The molecule has 2 rings (SSSR count). The Bertz CT molecular complexity index is 375. The molecule has 1 saturated heterocycles. The Labute approximate surface area is 110 Å². The van der Waals surface area contributed by atoms with Gasteiger partial charge in [0.25, 0.3) is 0 Å². The molecule has 0 spiro atoms. The van der Waals surface area contributed by atoms with Crippen LogP contribution < -0.4 is 0 Å². The minimum atomic E-state index is -0.110. The molecule has 1 aromatic rings. The van der Waals surface area contributed by atoms with Gasteiger partial charge in [0.05, 0.1) is 18.1 Å². The van der Waals surface area contributed by atoms with Crippen LogP contribution in [0.1, 0.15) is 45.3 Å². The number of likely N-dealkylation sites (tertiary alicyclic amines) is 1. The second kappa shape index (κ2) is 5.85. The van der Waals surface area contributed by atoms with Crippen LogP contribution in [-0.2, 0) is 6.54 Å². The topological polar surface area (TPSA) is 41.3 Å². The first-order valence-corrected chi connectivity index (χ1v) is 7.03. The van der Waals surface area contributed by atoms with Crippen LogP contribution in [0.3, 0.4) is 0 Å². The van der Waals surface area contributed by atoms with Crippen molar-refractivity contribution in [2.45, 2.75) is 52.3 Å². The van der Waals surface area contributed by atoms with Gasteiger partial charge in [0.1, 0.15) is 0 Å². The van der Waals surface area contributed by atoms with E-state index in [2.05, 4.69) is 35.2 Å². The third-order valence-electron chi connectivity index (χ3n) is 3.99. The van der Waals surface area contributed by atoms with Crippen molar-refractivity contribution in [2.24, 2.45) is 5.92 Å². The molecule has 4 heteroatoms. The van der Waals surface area contributed by atoms with E-state index in [9.17, 15) is 5.11 Å². The Balaban J connectivity index is 1.99. The average molecular weight is 251 g/mol. The maximum Gasteiger partial charge on any atom is 0.0951 e. The van der Waals surface area contributed by atoms with Crippen molar-refractivity contribution < 1.29 is 5.11 Å². The summed E-state index contributed by atoms with van der Waals surface area (Å²) in [6.45, 7) is 9.46. The van der Waals surface area contributed by atoms with Crippen LogP contribution in [0.15, 0.2) is 12.5 Å². The molecule has 2 unspecified atom stereocenters. The SMILES string of the molecule is CCC1CN(Cc2cncn2C(C)C)CCC1O. The number of aromatic nitrogens is 2. The first kappa shape index (κ1) is 13.6. The predicted molar refractivity (Wildman–Crippen MR) is 72.3 cm³/mol. The Morgan fingerprint density at radius 3 is 2.94 bits per heavy atom. The molecule has 0 aliphatic carbocycles. The van der Waals surface area contributed by atoms with Gasteiger partial charge in [-0.3, -0.25) is 4.90 Å². The zero-order chi connectivity index (χ0) is 13.1. The van der Waals surface area contributed by atoms with Crippen molar-refractivity contribution in [3.05, 3.63) is 18.2 Å². The van der Waals surface area contributed by atoms with E-state index in [-0.39, 0.29) is 6.10 Å². The van der Waals surface area contributed by atoms with Crippen LogP contribution in [0, 0.1) is 5.92 Å². The monoisotopic (exact) mass is 251 g/mol. The van der Waals surface area contributed by atoms with E-state index in [1.165, 1.54) is 5.69 Å². The fourth-order valence-corrected chi connectivity index (χ4v) is 2.79. The number of hydrogen-bond acceptors (Lipinski definition) is 3. The minimum Gasteiger partial charge on any atom is -0.393 e. The van der Waals surface area contributed by atoms with Crippen molar-refractivity contribution in [3.8, 4) is 0 Å². The maximum absolute atomic E-state index is 9.91. The molecule has 0 saturated carbocycles. The van der Waals surface area contributed by atoms with Crippen LogP contribution in [0.25, 0.3) is 0 Å². The van der Waals surface area contributed by atoms with Gasteiger partial charge >= 0.3 is 0 Å². The summed E-state index contributed by atoms with van der Waals surface area (Å²) in [5.74, 6) is 0.425. The number of nitrogens with zero attached hydrogens (tertiary/aromatic N) is 3. The van der Waals surface area contributed by atoms with E-state index in [0.717, 1.165) is 32.5 Å². The molecule has 1 aliphatic heterocycles. The highest BCUT2D eigenvalue weighted by atomic mass is 16.3. The first-order valence-electron chi connectivity index (χ1n) is 7.03. The van der Waals surface area contributed by atoms with E-state index in [1.807, 2.05) is 12.5 Å². The van der Waals surface area contributed by atoms with Gasteiger partial charge in [-0.2, -0.15) is 0 Å². The molecular weight excluding hydrogens is 226 g/mol. The van der Waals surface area contributed by atoms with E-state index >= 15 is 0 Å². The number of aliphatic hydroxyl groups excluding tert-OH is 1. The summed E-state index contributed by atoms with van der Waals surface area (Å²) in [5, 5.41) is 9.91. The molecule has 1 N–H and O–H groups in total. The Morgan fingerprint density at radius 1 is 1.50 bits per heavy atom. The molecule has 1 aromatic heterocycles. The summed E-state index contributed by atoms with van der Waals surface area (Å²) in [6.07, 6.45) is 5.72. The number of piperidine rings is 1. The van der Waals surface area contributed by atoms with Crippen molar-refractivity contribution in [1.82, 2.24) is 14.5 Å². The molecule has 2 heterocycles. The van der Waals surface area contributed by atoms with E-state index in [4.69, 9.17) is 0 Å². The molecule has 4 nitrogen and oxygen atoms in total. The third kappa shape index (κ3) is 2.93. The molecule has 1 aliphatic rings. The zero-order valence-electron chi connectivity index (χ0n) is 11.7. The van der Waals surface area contributed by atoms with Gasteiger partial charge in [-0.25, -0.2) is 4.98 Å². The summed E-state index contributed by atoms with van der Waals surface area (Å²) >= 11 is 0. The predicted octanol–water partition coefficient (Wildman–Crippen LogP) is 2.06. The summed E-state index contributed by atoms with van der Waals surface area (Å²) in [5.41, 5.74) is 1.27. The molecule has 2 atom stereocenters. The lowest BCUT2D eigenvalue weighted by atomic mass is 9.92. The molecule has 1 fully saturated rings. The second-order valence-electron chi connectivity index (χ2n) is 5.65. The smallest absolute Gasteiger partial charge is 0.0951 e. The number of hydrogen-bond donors (Lipinski definition) is 1. The number of imidazole rings is 1. The van der Waals surface area contributed by atoms with E-state index in [0.29, 0.717) is 12.0 Å². The van der Waals surface area contributed by atoms with Crippen molar-refractivity contribution in [2.75, 3.05) is 13.1 Å². The number of aliphatic hydroxyl groups is 1. The zero-order valence-corrected chi connectivity index (χ0v) is 11.7. The van der Waals surface area contributed by atoms with Crippen molar-refractivity contribution in [3.63, 3.8) is 0 Å². The molecule has 18 heavy (non-hydrogen) atoms. The second-order valence-corrected chi connectivity index (χ2v) is 5.65. The normalized spacial score (nSPS) is 25.8. The fraction of sp³-hybridized carbons (Fsp3) is 0.786. The van der Waals surface area contributed by atoms with Crippen LogP contribution in [0.4, 0.5) is 0 Å². The highest BCUT2D eigenvalue weighted by Crippen LogP contribution is 2.22. The maximum atomic E-state index is 9.91. The largest absolute Gasteiger partial charge is 0.393 e. The van der Waals surface area contributed by atoms with Gasteiger partial charge in [-0.05, 0) is 32.6 Å². The highest BCUT2D eigenvalue weighted by molar-refractivity contribution is 5.00. The van der Waals surface area contributed by atoms with Gasteiger partial charge in [-0.1, -0.05) is 6.92 Å². The van der Waals surface area contributed by atoms with Crippen LogP contribution in [-0.4, -0.2) is 38.8 Å². The number of rotatable bonds is 4. The Morgan fingerprint density at radius 2 is 2.28 bits per heavy atom. The summed E-state index contributed by atoms with van der Waals surface area (Å²) in [7, 11) is 0. The van der Waals surface area contributed by atoms with Crippen LogP contribution >= 0.6 is 0 Å². The van der Waals surface area contributed by atoms with Crippen LogP contribution in [0.2, 0.25) is 0 Å². The molecule has 102 valence electrons. The Hall–Kier alpha value is -0.870. The van der Waals surface area contributed by atoms with Gasteiger partial charge in [0.2, 0.25) is 0 Å². The third-order valence-corrected chi connectivity index (χ3v) is 3.99. The Kier molecular flexibility index (Phi) is 4.40. The molecule has 0 aromatic carbocycles. The van der Waals surface area contributed by atoms with E-state index in [1.54, 1.807) is 0 Å². The van der Waals surface area contributed by atoms with Gasteiger partial charge in [0.15, 0.2) is 0 Å². The first-order chi connectivity index (χ1) is 8.61. The van der Waals surface area contributed by atoms with Gasteiger partial charge in [0, 0.05) is 31.9 Å². The summed E-state index contributed by atoms with van der Waals surface area (Å²) in [6, 6.07) is 0.458. The lowest BCUT2D eigenvalue weighted by molar-refractivity contribution is 0.0213.